The van der Waals surface area contributed by atoms with Gasteiger partial charge < -0.3 is 14.4 Å². The number of hydrogen-bond donors (Lipinski definition) is 0. The molecular formula is C19H17F2N5O. The average molecular weight is 369 g/mol. The smallest absolute Gasteiger partial charge is 0.254 e. The quantitative estimate of drug-likeness (QED) is 0.712. The summed E-state index contributed by atoms with van der Waals surface area (Å²) in [6.45, 7) is 2.12. The molecule has 0 radical (unpaired) electrons. The first-order valence-electron chi connectivity index (χ1n) is 8.58. The standard InChI is InChI=1S/C19H17F2N5O/c20-15-4-3-14(13-16(15)21)19(27)26-11-9-25(10-12-26)18-6-5-17(22-23-18)24-7-1-2-8-24/h1-8,13H,9-12H2. The van der Waals surface area contributed by atoms with Crippen molar-refractivity contribution in [1.29, 1.82) is 0 Å². The summed E-state index contributed by atoms with van der Waals surface area (Å²) >= 11 is 0. The topological polar surface area (TPSA) is 54.3 Å². The molecule has 1 fully saturated rings. The summed E-state index contributed by atoms with van der Waals surface area (Å²) in [4.78, 5) is 16.1. The van der Waals surface area contributed by atoms with E-state index in [9.17, 15) is 13.6 Å². The number of benzene rings is 1. The first-order chi connectivity index (χ1) is 13.1. The number of rotatable bonds is 3. The number of aromatic nitrogens is 3. The van der Waals surface area contributed by atoms with E-state index in [1.54, 1.807) is 4.90 Å². The Kier molecular flexibility index (Phi) is 4.53. The second kappa shape index (κ2) is 7.14. The summed E-state index contributed by atoms with van der Waals surface area (Å²) < 4.78 is 28.3. The molecule has 0 saturated carbocycles. The molecule has 0 atom stereocenters. The van der Waals surface area contributed by atoms with Crippen LogP contribution in [0.3, 0.4) is 0 Å². The highest BCUT2D eigenvalue weighted by Gasteiger charge is 2.23. The van der Waals surface area contributed by atoms with Crippen molar-refractivity contribution in [2.75, 3.05) is 31.1 Å². The van der Waals surface area contributed by atoms with Crippen LogP contribution < -0.4 is 4.90 Å². The summed E-state index contributed by atoms with van der Waals surface area (Å²) in [5, 5.41) is 8.50. The zero-order chi connectivity index (χ0) is 18.8. The zero-order valence-corrected chi connectivity index (χ0v) is 14.4. The number of hydrogen-bond acceptors (Lipinski definition) is 4. The molecule has 4 rings (SSSR count). The Morgan fingerprint density at radius 1 is 0.852 bits per heavy atom. The number of carbonyl (C=O) groups excluding carboxylic acids is 1. The van der Waals surface area contributed by atoms with Crippen LogP contribution in [0.4, 0.5) is 14.6 Å². The largest absolute Gasteiger partial charge is 0.352 e. The van der Waals surface area contributed by atoms with E-state index < -0.39 is 11.6 Å². The first kappa shape index (κ1) is 17.1. The van der Waals surface area contributed by atoms with Crippen molar-refractivity contribution >= 4 is 11.7 Å². The molecule has 0 aliphatic carbocycles. The lowest BCUT2D eigenvalue weighted by Gasteiger charge is -2.35. The van der Waals surface area contributed by atoms with Gasteiger partial charge in [0.25, 0.3) is 5.91 Å². The zero-order valence-electron chi connectivity index (χ0n) is 14.4. The van der Waals surface area contributed by atoms with Crippen LogP contribution in [-0.4, -0.2) is 51.8 Å². The van der Waals surface area contributed by atoms with Gasteiger partial charge >= 0.3 is 0 Å². The first-order valence-corrected chi connectivity index (χ1v) is 8.58. The van der Waals surface area contributed by atoms with Crippen LogP contribution >= 0.6 is 0 Å². The third-order valence-electron chi connectivity index (χ3n) is 4.56. The molecule has 0 spiro atoms. The van der Waals surface area contributed by atoms with Crippen LogP contribution in [0.1, 0.15) is 10.4 Å². The van der Waals surface area contributed by atoms with Crippen LogP contribution in [-0.2, 0) is 0 Å². The van der Waals surface area contributed by atoms with Gasteiger partial charge in [-0.25, -0.2) is 8.78 Å². The summed E-state index contributed by atoms with van der Waals surface area (Å²) in [7, 11) is 0. The van der Waals surface area contributed by atoms with Gasteiger partial charge in [-0.05, 0) is 42.5 Å². The Balaban J connectivity index is 1.39. The molecule has 3 heterocycles. The second-order valence-corrected chi connectivity index (χ2v) is 6.25. The lowest BCUT2D eigenvalue weighted by molar-refractivity contribution is 0.0746. The fourth-order valence-electron chi connectivity index (χ4n) is 3.06. The van der Waals surface area contributed by atoms with E-state index in [0.717, 1.165) is 23.8 Å². The van der Waals surface area contributed by atoms with Crippen molar-refractivity contribution in [2.45, 2.75) is 0 Å². The molecule has 0 N–H and O–H groups in total. The Bertz CT molecular complexity index is 935. The lowest BCUT2D eigenvalue weighted by atomic mass is 10.1. The van der Waals surface area contributed by atoms with Crippen molar-refractivity contribution in [1.82, 2.24) is 19.7 Å². The van der Waals surface area contributed by atoms with Gasteiger partial charge in [-0.2, -0.15) is 0 Å². The molecule has 1 aromatic carbocycles. The summed E-state index contributed by atoms with van der Waals surface area (Å²) in [6, 6.07) is 10.8. The molecule has 6 nitrogen and oxygen atoms in total. The maximum absolute atomic E-state index is 13.4. The number of anilines is 1. The Labute approximate surface area is 154 Å². The average Bonchev–Trinajstić information content (AvgIpc) is 3.25. The van der Waals surface area contributed by atoms with Gasteiger partial charge in [0.05, 0.1) is 0 Å². The minimum atomic E-state index is -1.02. The van der Waals surface area contributed by atoms with Gasteiger partial charge in [0.1, 0.15) is 0 Å². The molecule has 8 heteroatoms. The van der Waals surface area contributed by atoms with E-state index in [1.165, 1.54) is 6.07 Å². The Morgan fingerprint density at radius 2 is 1.52 bits per heavy atom. The fourth-order valence-corrected chi connectivity index (χ4v) is 3.06. The van der Waals surface area contributed by atoms with Crippen molar-refractivity contribution in [3.05, 3.63) is 72.1 Å². The maximum Gasteiger partial charge on any atom is 0.254 e. The lowest BCUT2D eigenvalue weighted by Crippen LogP contribution is -2.49. The Hall–Kier alpha value is -3.29. The molecule has 0 unspecified atom stereocenters. The molecule has 1 saturated heterocycles. The van der Waals surface area contributed by atoms with E-state index in [0.29, 0.717) is 26.2 Å². The van der Waals surface area contributed by atoms with Gasteiger partial charge in [-0.3, -0.25) is 4.79 Å². The van der Waals surface area contributed by atoms with E-state index in [-0.39, 0.29) is 11.5 Å². The van der Waals surface area contributed by atoms with Crippen LogP contribution in [0.15, 0.2) is 54.9 Å². The van der Waals surface area contributed by atoms with Crippen molar-refractivity contribution in [3.8, 4) is 5.82 Å². The number of piperazine rings is 1. The normalized spacial score (nSPS) is 14.4. The van der Waals surface area contributed by atoms with E-state index in [4.69, 9.17) is 0 Å². The van der Waals surface area contributed by atoms with Crippen molar-refractivity contribution in [3.63, 3.8) is 0 Å². The van der Waals surface area contributed by atoms with E-state index in [1.807, 2.05) is 46.1 Å². The molecule has 3 aromatic rings. The van der Waals surface area contributed by atoms with E-state index >= 15 is 0 Å². The van der Waals surface area contributed by atoms with Gasteiger partial charge in [0.15, 0.2) is 23.3 Å². The predicted octanol–water partition coefficient (Wildman–Crippen LogP) is 2.51. The highest BCUT2D eigenvalue weighted by molar-refractivity contribution is 5.94. The van der Waals surface area contributed by atoms with Gasteiger partial charge in [-0.1, -0.05) is 0 Å². The number of carbonyl (C=O) groups is 1. The summed E-state index contributed by atoms with van der Waals surface area (Å²) in [5.41, 5.74) is 0.151. The molecule has 2 aromatic heterocycles. The van der Waals surface area contributed by atoms with Crippen LogP contribution in [0.25, 0.3) is 5.82 Å². The Morgan fingerprint density at radius 3 is 2.15 bits per heavy atom. The molecular weight excluding hydrogens is 352 g/mol. The van der Waals surface area contributed by atoms with Crippen molar-refractivity contribution < 1.29 is 13.6 Å². The van der Waals surface area contributed by atoms with Crippen LogP contribution in [0.5, 0.6) is 0 Å². The highest BCUT2D eigenvalue weighted by Crippen LogP contribution is 2.17. The monoisotopic (exact) mass is 369 g/mol. The van der Waals surface area contributed by atoms with Gasteiger partial charge in [0, 0.05) is 44.1 Å². The van der Waals surface area contributed by atoms with Gasteiger partial charge in [-0.15, -0.1) is 10.2 Å². The molecule has 1 aliphatic rings. The minimum Gasteiger partial charge on any atom is -0.352 e. The molecule has 1 amide bonds. The third kappa shape index (κ3) is 3.51. The summed E-state index contributed by atoms with van der Waals surface area (Å²) in [5.74, 6) is -0.805. The highest BCUT2D eigenvalue weighted by atomic mass is 19.2. The molecule has 27 heavy (non-hydrogen) atoms. The SMILES string of the molecule is O=C(c1ccc(F)c(F)c1)N1CCN(c2ccc(-n3cccc3)nn2)CC1. The molecule has 1 aliphatic heterocycles. The van der Waals surface area contributed by atoms with Crippen LogP contribution in [0, 0.1) is 11.6 Å². The minimum absolute atomic E-state index is 0.151. The summed E-state index contributed by atoms with van der Waals surface area (Å²) in [6.07, 6.45) is 3.79. The van der Waals surface area contributed by atoms with E-state index in [2.05, 4.69) is 10.2 Å². The number of halogens is 2. The number of amides is 1. The van der Waals surface area contributed by atoms with Crippen LogP contribution in [0.2, 0.25) is 0 Å². The number of nitrogens with zero attached hydrogens (tertiary/aromatic N) is 5. The maximum atomic E-state index is 13.4. The van der Waals surface area contributed by atoms with Crippen molar-refractivity contribution in [2.24, 2.45) is 0 Å². The predicted molar refractivity (Wildman–Crippen MR) is 95.8 cm³/mol. The fraction of sp³-hybridized carbons (Fsp3) is 0.211. The third-order valence-corrected chi connectivity index (χ3v) is 4.56. The molecule has 138 valence electrons. The van der Waals surface area contributed by atoms with Gasteiger partial charge in [0.2, 0.25) is 0 Å². The second-order valence-electron chi connectivity index (χ2n) is 6.25. The molecule has 0 bridgehead atoms.